The summed E-state index contributed by atoms with van der Waals surface area (Å²) in [5.41, 5.74) is 1.55. The lowest BCUT2D eigenvalue weighted by molar-refractivity contribution is 0.00551. The Balaban J connectivity index is 1.39. The number of amides is 1. The van der Waals surface area contributed by atoms with Gasteiger partial charge in [0.05, 0.1) is 18.1 Å². The molecule has 0 saturated heterocycles. The number of thiophene rings is 1. The molecule has 1 heterocycles. The van der Waals surface area contributed by atoms with Gasteiger partial charge in [-0.25, -0.2) is 0 Å². The third-order valence-electron chi connectivity index (χ3n) is 3.83. The van der Waals surface area contributed by atoms with Crippen molar-refractivity contribution in [1.29, 1.82) is 0 Å². The molecule has 0 radical (unpaired) electrons. The third-order valence-corrected chi connectivity index (χ3v) is 5.06. The van der Waals surface area contributed by atoms with Crippen molar-refractivity contribution in [3.63, 3.8) is 0 Å². The molecule has 7 heteroatoms. The molecule has 2 aromatic carbocycles. The molecule has 1 atom stereocenters. The number of nitrogens with one attached hydrogen (secondary N) is 1. The highest BCUT2D eigenvalue weighted by Gasteiger charge is 2.09. The summed E-state index contributed by atoms with van der Waals surface area (Å²) in [6.07, 6.45) is -0.763. The van der Waals surface area contributed by atoms with Gasteiger partial charge in [-0.1, -0.05) is 35.9 Å². The second-order valence-electron chi connectivity index (χ2n) is 6.03. The van der Waals surface area contributed by atoms with E-state index in [1.54, 1.807) is 36.4 Å². The maximum absolute atomic E-state index is 12.0. The fourth-order valence-electron chi connectivity index (χ4n) is 2.40. The van der Waals surface area contributed by atoms with Gasteiger partial charge in [-0.05, 0) is 47.3 Å². The van der Waals surface area contributed by atoms with Gasteiger partial charge in [-0.3, -0.25) is 4.79 Å². The molecule has 1 aromatic heterocycles. The molecule has 3 rings (SSSR count). The number of hydrogen-bond donors (Lipinski definition) is 2. The molecular weight excluding hydrogens is 398 g/mol. The van der Waals surface area contributed by atoms with Crippen LogP contribution in [0, 0.1) is 0 Å². The van der Waals surface area contributed by atoms with Gasteiger partial charge in [0.2, 0.25) is 0 Å². The lowest BCUT2D eigenvalue weighted by atomic mass is 10.2. The van der Waals surface area contributed by atoms with Crippen molar-refractivity contribution in [3.05, 3.63) is 81.5 Å². The van der Waals surface area contributed by atoms with E-state index in [-0.39, 0.29) is 19.1 Å². The number of rotatable bonds is 9. The first-order chi connectivity index (χ1) is 13.6. The van der Waals surface area contributed by atoms with Crippen LogP contribution in [0.4, 0.5) is 5.69 Å². The molecule has 1 amide bonds. The predicted molar refractivity (Wildman–Crippen MR) is 111 cm³/mol. The summed E-state index contributed by atoms with van der Waals surface area (Å²) in [6, 6.07) is 18.0. The average molecular weight is 418 g/mol. The minimum Gasteiger partial charge on any atom is -0.491 e. The lowest BCUT2D eigenvalue weighted by Gasteiger charge is -2.13. The Morgan fingerprint density at radius 1 is 1.07 bits per heavy atom. The number of aliphatic hydroxyl groups is 1. The number of carbonyl (C=O) groups excluding carboxylic acids is 1. The minimum atomic E-state index is -0.763. The topological polar surface area (TPSA) is 67.8 Å². The SMILES string of the molecule is O=C(Nc1ccc(OCC(O)COCc2ccccc2Cl)cc1)c1cccs1. The van der Waals surface area contributed by atoms with Crippen LogP contribution >= 0.6 is 22.9 Å². The van der Waals surface area contributed by atoms with Crippen LogP contribution in [-0.2, 0) is 11.3 Å². The zero-order chi connectivity index (χ0) is 19.8. The van der Waals surface area contributed by atoms with E-state index in [2.05, 4.69) is 5.32 Å². The van der Waals surface area contributed by atoms with Gasteiger partial charge in [0, 0.05) is 10.7 Å². The van der Waals surface area contributed by atoms with Crippen molar-refractivity contribution in [2.45, 2.75) is 12.7 Å². The van der Waals surface area contributed by atoms with E-state index in [0.29, 0.717) is 27.9 Å². The van der Waals surface area contributed by atoms with E-state index in [1.807, 2.05) is 29.6 Å². The quantitative estimate of drug-likeness (QED) is 0.533. The van der Waals surface area contributed by atoms with E-state index in [0.717, 1.165) is 5.56 Å². The lowest BCUT2D eigenvalue weighted by Crippen LogP contribution is -2.23. The van der Waals surface area contributed by atoms with Crippen molar-refractivity contribution in [2.75, 3.05) is 18.5 Å². The van der Waals surface area contributed by atoms with Crippen LogP contribution in [0.3, 0.4) is 0 Å². The van der Waals surface area contributed by atoms with Crippen LogP contribution in [0.5, 0.6) is 5.75 Å². The van der Waals surface area contributed by atoms with Gasteiger partial charge in [0.1, 0.15) is 18.5 Å². The number of ether oxygens (including phenoxy) is 2. The summed E-state index contributed by atoms with van der Waals surface area (Å²) in [5, 5.41) is 15.3. The summed E-state index contributed by atoms with van der Waals surface area (Å²) < 4.78 is 11.0. The number of anilines is 1. The second kappa shape index (κ2) is 10.2. The number of benzene rings is 2. The fourth-order valence-corrected chi connectivity index (χ4v) is 3.21. The fraction of sp³-hybridized carbons (Fsp3) is 0.190. The zero-order valence-electron chi connectivity index (χ0n) is 15.0. The maximum Gasteiger partial charge on any atom is 0.265 e. The molecule has 5 nitrogen and oxygen atoms in total. The Labute approximate surface area is 172 Å². The molecule has 0 aliphatic heterocycles. The predicted octanol–water partition coefficient (Wildman–Crippen LogP) is 4.61. The first kappa shape index (κ1) is 20.4. The van der Waals surface area contributed by atoms with E-state index in [4.69, 9.17) is 21.1 Å². The molecule has 0 saturated carbocycles. The van der Waals surface area contributed by atoms with E-state index < -0.39 is 6.10 Å². The average Bonchev–Trinajstić information content (AvgIpc) is 3.24. The Bertz CT molecular complexity index is 884. The van der Waals surface area contributed by atoms with E-state index >= 15 is 0 Å². The van der Waals surface area contributed by atoms with Gasteiger partial charge in [0.15, 0.2) is 0 Å². The highest BCUT2D eigenvalue weighted by Crippen LogP contribution is 2.18. The number of aliphatic hydroxyl groups excluding tert-OH is 1. The normalized spacial score (nSPS) is 11.8. The van der Waals surface area contributed by atoms with Crippen LogP contribution in [0.1, 0.15) is 15.2 Å². The van der Waals surface area contributed by atoms with Gasteiger partial charge in [-0.2, -0.15) is 0 Å². The van der Waals surface area contributed by atoms with Crippen molar-refractivity contribution in [3.8, 4) is 5.75 Å². The molecule has 0 fully saturated rings. The summed E-state index contributed by atoms with van der Waals surface area (Å²) in [7, 11) is 0. The van der Waals surface area contributed by atoms with Crippen molar-refractivity contribution in [1.82, 2.24) is 0 Å². The smallest absolute Gasteiger partial charge is 0.265 e. The third kappa shape index (κ3) is 6.07. The van der Waals surface area contributed by atoms with Crippen molar-refractivity contribution >= 4 is 34.5 Å². The molecule has 0 spiro atoms. The van der Waals surface area contributed by atoms with Crippen LogP contribution < -0.4 is 10.1 Å². The number of carbonyl (C=O) groups is 1. The van der Waals surface area contributed by atoms with Gasteiger partial charge < -0.3 is 19.9 Å². The number of halogens is 1. The molecule has 1 unspecified atom stereocenters. The minimum absolute atomic E-state index is 0.101. The standard InChI is InChI=1S/C21H20ClNO4S/c22-19-5-2-1-4-15(19)12-26-13-17(24)14-27-18-9-7-16(8-10-18)23-21(25)20-6-3-11-28-20/h1-11,17,24H,12-14H2,(H,23,25). The number of hydrogen-bond acceptors (Lipinski definition) is 5. The van der Waals surface area contributed by atoms with Gasteiger partial charge >= 0.3 is 0 Å². The molecule has 2 N–H and O–H groups in total. The summed E-state index contributed by atoms with van der Waals surface area (Å²) in [4.78, 5) is 12.7. The summed E-state index contributed by atoms with van der Waals surface area (Å²) in [5.74, 6) is 0.453. The molecule has 0 aliphatic carbocycles. The Morgan fingerprint density at radius 2 is 1.86 bits per heavy atom. The zero-order valence-corrected chi connectivity index (χ0v) is 16.6. The summed E-state index contributed by atoms with van der Waals surface area (Å²) >= 11 is 7.45. The van der Waals surface area contributed by atoms with Gasteiger partial charge in [0.25, 0.3) is 5.91 Å². The molecular formula is C21H20ClNO4S. The van der Waals surface area contributed by atoms with Crippen LogP contribution in [0.25, 0.3) is 0 Å². The second-order valence-corrected chi connectivity index (χ2v) is 7.38. The Kier molecular flexibility index (Phi) is 7.45. The highest BCUT2D eigenvalue weighted by molar-refractivity contribution is 7.12. The monoisotopic (exact) mass is 417 g/mol. The molecule has 0 aliphatic rings. The van der Waals surface area contributed by atoms with Crippen molar-refractivity contribution < 1.29 is 19.4 Å². The van der Waals surface area contributed by atoms with Crippen LogP contribution in [-0.4, -0.2) is 30.3 Å². The molecule has 28 heavy (non-hydrogen) atoms. The highest BCUT2D eigenvalue weighted by atomic mass is 35.5. The molecule has 146 valence electrons. The summed E-state index contributed by atoms with van der Waals surface area (Å²) in [6.45, 7) is 0.568. The molecule has 0 bridgehead atoms. The maximum atomic E-state index is 12.0. The van der Waals surface area contributed by atoms with Gasteiger partial charge in [-0.15, -0.1) is 11.3 Å². The first-order valence-electron chi connectivity index (χ1n) is 8.69. The van der Waals surface area contributed by atoms with Crippen LogP contribution in [0.15, 0.2) is 66.0 Å². The van der Waals surface area contributed by atoms with Crippen molar-refractivity contribution in [2.24, 2.45) is 0 Å². The van der Waals surface area contributed by atoms with Crippen LogP contribution in [0.2, 0.25) is 5.02 Å². The Hall–Kier alpha value is -2.38. The molecule has 3 aromatic rings. The first-order valence-corrected chi connectivity index (χ1v) is 9.94. The Morgan fingerprint density at radius 3 is 2.57 bits per heavy atom. The largest absolute Gasteiger partial charge is 0.491 e. The van der Waals surface area contributed by atoms with E-state index in [1.165, 1.54) is 11.3 Å². The van der Waals surface area contributed by atoms with E-state index in [9.17, 15) is 9.90 Å².